The highest BCUT2D eigenvalue weighted by Crippen LogP contribution is 2.39. The second-order valence-corrected chi connectivity index (χ2v) is 7.83. The minimum atomic E-state index is -0.273. The van der Waals surface area contributed by atoms with Crippen LogP contribution in [0.1, 0.15) is 20.8 Å². The number of aryl methyl sites for hydroxylation is 1. The zero-order valence-corrected chi connectivity index (χ0v) is 16.7. The molecule has 1 fully saturated rings. The lowest BCUT2D eigenvalue weighted by Crippen LogP contribution is -2.35. The highest BCUT2D eigenvalue weighted by atomic mass is 32.1. The highest BCUT2D eigenvalue weighted by Gasteiger charge is 2.22. The molecule has 0 atom stereocenters. The zero-order valence-electron chi connectivity index (χ0n) is 15.9. The number of morpholine rings is 1. The van der Waals surface area contributed by atoms with Crippen molar-refractivity contribution in [2.24, 2.45) is 0 Å². The van der Waals surface area contributed by atoms with E-state index >= 15 is 0 Å². The predicted molar refractivity (Wildman–Crippen MR) is 113 cm³/mol. The van der Waals surface area contributed by atoms with Gasteiger partial charge in [-0.05, 0) is 29.7 Å². The molecular weight excluding hydrogens is 370 g/mol. The van der Waals surface area contributed by atoms with Crippen LogP contribution in [-0.2, 0) is 16.1 Å². The lowest BCUT2D eigenvalue weighted by Gasteiger charge is -2.28. The Kier molecular flexibility index (Phi) is 5.74. The smallest absolute Gasteiger partial charge is 0.348 e. The zero-order chi connectivity index (χ0) is 19.3. The van der Waals surface area contributed by atoms with Crippen molar-refractivity contribution in [3.63, 3.8) is 0 Å². The number of hydrogen-bond donors (Lipinski definition) is 0. The highest BCUT2D eigenvalue weighted by molar-refractivity contribution is 7.18. The first kappa shape index (κ1) is 18.7. The molecule has 0 bridgehead atoms. The van der Waals surface area contributed by atoms with Crippen molar-refractivity contribution >= 4 is 22.3 Å². The Balaban J connectivity index is 1.59. The number of anilines is 1. The van der Waals surface area contributed by atoms with E-state index < -0.39 is 0 Å². The number of ether oxygens (including phenoxy) is 2. The van der Waals surface area contributed by atoms with Crippen molar-refractivity contribution < 1.29 is 14.3 Å². The van der Waals surface area contributed by atoms with Gasteiger partial charge in [-0.1, -0.05) is 54.6 Å². The molecule has 2 heterocycles. The van der Waals surface area contributed by atoms with Gasteiger partial charge in [0.15, 0.2) is 0 Å². The van der Waals surface area contributed by atoms with Crippen molar-refractivity contribution in [3.8, 4) is 11.1 Å². The van der Waals surface area contributed by atoms with E-state index in [1.807, 2.05) is 55.5 Å². The van der Waals surface area contributed by atoms with Crippen molar-refractivity contribution in [1.29, 1.82) is 0 Å². The number of hydrogen-bond acceptors (Lipinski definition) is 5. The fourth-order valence-corrected chi connectivity index (χ4v) is 4.42. The maximum atomic E-state index is 12.8. The topological polar surface area (TPSA) is 38.8 Å². The van der Waals surface area contributed by atoms with Crippen LogP contribution in [0.2, 0.25) is 0 Å². The molecule has 5 heteroatoms. The molecule has 1 aliphatic heterocycles. The van der Waals surface area contributed by atoms with Crippen LogP contribution >= 0.6 is 11.3 Å². The average molecular weight is 394 g/mol. The van der Waals surface area contributed by atoms with Gasteiger partial charge < -0.3 is 14.4 Å². The Labute approximate surface area is 169 Å². The van der Waals surface area contributed by atoms with Gasteiger partial charge in [0, 0.05) is 18.7 Å². The molecule has 0 amide bonds. The molecule has 2 aromatic carbocycles. The summed E-state index contributed by atoms with van der Waals surface area (Å²) in [5, 5.41) is 1.11. The third-order valence-electron chi connectivity index (χ3n) is 4.92. The van der Waals surface area contributed by atoms with Gasteiger partial charge in [0.2, 0.25) is 0 Å². The van der Waals surface area contributed by atoms with Crippen molar-refractivity contribution in [1.82, 2.24) is 0 Å². The fourth-order valence-electron chi connectivity index (χ4n) is 3.29. The van der Waals surface area contributed by atoms with E-state index in [-0.39, 0.29) is 12.6 Å². The third-order valence-corrected chi connectivity index (χ3v) is 6.09. The molecule has 1 saturated heterocycles. The van der Waals surface area contributed by atoms with Gasteiger partial charge in [0.05, 0.1) is 18.2 Å². The summed E-state index contributed by atoms with van der Waals surface area (Å²) in [7, 11) is 0. The first-order chi connectivity index (χ1) is 13.7. The van der Waals surface area contributed by atoms with Gasteiger partial charge in [-0.25, -0.2) is 4.79 Å². The van der Waals surface area contributed by atoms with Crippen molar-refractivity contribution in [2.45, 2.75) is 13.5 Å². The normalized spacial score (nSPS) is 14.1. The number of benzene rings is 2. The monoisotopic (exact) mass is 393 g/mol. The van der Waals surface area contributed by atoms with Gasteiger partial charge in [-0.3, -0.25) is 0 Å². The average Bonchev–Trinajstić information content (AvgIpc) is 3.20. The van der Waals surface area contributed by atoms with Crippen molar-refractivity contribution in [3.05, 3.63) is 76.7 Å². The van der Waals surface area contributed by atoms with E-state index in [0.29, 0.717) is 18.1 Å². The molecule has 144 valence electrons. The summed E-state index contributed by atoms with van der Waals surface area (Å²) in [5.74, 6) is -0.273. The summed E-state index contributed by atoms with van der Waals surface area (Å²) >= 11 is 1.50. The van der Waals surface area contributed by atoms with Crippen LogP contribution in [0.3, 0.4) is 0 Å². The Hall–Kier alpha value is -2.63. The Bertz CT molecular complexity index is 945. The van der Waals surface area contributed by atoms with E-state index in [0.717, 1.165) is 40.3 Å². The molecule has 0 spiro atoms. The largest absolute Gasteiger partial charge is 0.457 e. The molecule has 1 aromatic heterocycles. The number of carbonyl (C=O) groups is 1. The first-order valence-electron chi connectivity index (χ1n) is 9.46. The summed E-state index contributed by atoms with van der Waals surface area (Å²) in [6, 6.07) is 20.1. The van der Waals surface area contributed by atoms with Gasteiger partial charge in [0.25, 0.3) is 0 Å². The van der Waals surface area contributed by atoms with Crippen LogP contribution in [0, 0.1) is 6.92 Å². The molecule has 28 heavy (non-hydrogen) atoms. The van der Waals surface area contributed by atoms with Crippen LogP contribution < -0.4 is 4.90 Å². The van der Waals surface area contributed by atoms with Crippen LogP contribution in [-0.4, -0.2) is 32.3 Å². The second kappa shape index (κ2) is 8.59. The predicted octanol–water partition coefficient (Wildman–Crippen LogP) is 4.92. The maximum Gasteiger partial charge on any atom is 0.348 e. The van der Waals surface area contributed by atoms with Crippen molar-refractivity contribution in [2.75, 3.05) is 31.2 Å². The lowest BCUT2D eigenvalue weighted by atomic mass is 10.1. The Morgan fingerprint density at radius 3 is 2.54 bits per heavy atom. The quantitative estimate of drug-likeness (QED) is 0.577. The molecule has 0 N–H and O–H groups in total. The summed E-state index contributed by atoms with van der Waals surface area (Å²) < 4.78 is 11.1. The van der Waals surface area contributed by atoms with Crippen LogP contribution in [0.4, 0.5) is 5.00 Å². The molecule has 1 aliphatic rings. The number of thiophene rings is 1. The molecule has 0 saturated carbocycles. The molecular formula is C23H23NO3S. The van der Waals surface area contributed by atoms with E-state index in [9.17, 15) is 4.79 Å². The second-order valence-electron chi connectivity index (χ2n) is 6.80. The molecule has 4 rings (SSSR count). The minimum absolute atomic E-state index is 0.273. The number of rotatable bonds is 5. The fraction of sp³-hybridized carbons (Fsp3) is 0.261. The molecule has 0 aliphatic carbocycles. The van der Waals surface area contributed by atoms with Crippen LogP contribution in [0.15, 0.2) is 60.7 Å². The summed E-state index contributed by atoms with van der Waals surface area (Å²) in [5.41, 5.74) is 4.35. The number of esters is 1. The summed E-state index contributed by atoms with van der Waals surface area (Å²) in [4.78, 5) is 15.7. The third kappa shape index (κ3) is 4.11. The summed E-state index contributed by atoms with van der Waals surface area (Å²) in [6.45, 7) is 5.39. The molecule has 0 radical (unpaired) electrons. The van der Waals surface area contributed by atoms with Gasteiger partial charge in [-0.15, -0.1) is 11.3 Å². The number of carbonyl (C=O) groups excluding carboxylic acids is 1. The van der Waals surface area contributed by atoms with E-state index in [1.54, 1.807) is 0 Å². The van der Waals surface area contributed by atoms with Gasteiger partial charge >= 0.3 is 5.97 Å². The van der Waals surface area contributed by atoms with Gasteiger partial charge in [0.1, 0.15) is 11.5 Å². The SMILES string of the molecule is Cc1ccccc1COC(=O)c1cc(-c2ccccc2)c(N2CCOCC2)s1. The Morgan fingerprint density at radius 2 is 1.79 bits per heavy atom. The number of nitrogens with zero attached hydrogens (tertiary/aromatic N) is 1. The summed E-state index contributed by atoms with van der Waals surface area (Å²) in [6.07, 6.45) is 0. The standard InChI is InChI=1S/C23H23NO3S/c1-17-7-5-6-10-19(17)16-27-23(25)21-15-20(18-8-3-2-4-9-18)22(28-21)24-11-13-26-14-12-24/h2-10,15H,11-14,16H2,1H3. The van der Waals surface area contributed by atoms with E-state index in [1.165, 1.54) is 11.3 Å². The van der Waals surface area contributed by atoms with E-state index in [2.05, 4.69) is 17.0 Å². The molecule has 3 aromatic rings. The minimum Gasteiger partial charge on any atom is -0.457 e. The van der Waals surface area contributed by atoms with Crippen LogP contribution in [0.5, 0.6) is 0 Å². The van der Waals surface area contributed by atoms with Crippen LogP contribution in [0.25, 0.3) is 11.1 Å². The van der Waals surface area contributed by atoms with Gasteiger partial charge in [-0.2, -0.15) is 0 Å². The Morgan fingerprint density at radius 1 is 1.07 bits per heavy atom. The first-order valence-corrected chi connectivity index (χ1v) is 10.3. The lowest BCUT2D eigenvalue weighted by molar-refractivity contribution is 0.0478. The maximum absolute atomic E-state index is 12.8. The molecule has 4 nitrogen and oxygen atoms in total. The molecule has 0 unspecified atom stereocenters. The van der Waals surface area contributed by atoms with E-state index in [4.69, 9.17) is 9.47 Å².